The summed E-state index contributed by atoms with van der Waals surface area (Å²) in [6, 6.07) is -0.831. The van der Waals surface area contributed by atoms with Gasteiger partial charge >= 0.3 is 6.03 Å². The molecule has 0 bridgehead atoms. The van der Waals surface area contributed by atoms with Crippen molar-refractivity contribution in [2.24, 2.45) is 11.3 Å². The van der Waals surface area contributed by atoms with Gasteiger partial charge in [0, 0.05) is 6.61 Å². The monoisotopic (exact) mass is 266 g/mol. The summed E-state index contributed by atoms with van der Waals surface area (Å²) < 4.78 is 5.68. The number of rotatable bonds is 2. The molecule has 0 aromatic carbocycles. The second-order valence-corrected chi connectivity index (χ2v) is 6.09. The van der Waals surface area contributed by atoms with Gasteiger partial charge in [-0.2, -0.15) is 0 Å². The average molecular weight is 266 g/mol. The number of barbiturate groups is 1. The number of ether oxygens (including phenoxy) is 1. The molecule has 3 aliphatic rings. The Kier molecular flexibility index (Phi) is 2.67. The van der Waals surface area contributed by atoms with E-state index in [0.717, 1.165) is 12.8 Å². The van der Waals surface area contributed by atoms with E-state index in [1.54, 1.807) is 13.8 Å². The predicted molar refractivity (Wildman–Crippen MR) is 65.0 cm³/mol. The molecule has 0 aromatic rings. The summed E-state index contributed by atoms with van der Waals surface area (Å²) in [5, 5.41) is 2.28. The number of imide groups is 2. The molecular weight excluding hydrogens is 248 g/mol. The summed E-state index contributed by atoms with van der Waals surface area (Å²) in [5.41, 5.74) is -1.19. The minimum absolute atomic E-state index is 0.0568. The third-order valence-corrected chi connectivity index (χ3v) is 4.28. The first-order chi connectivity index (χ1) is 8.93. The lowest BCUT2D eigenvalue weighted by molar-refractivity contribution is -0.151. The first-order valence-electron chi connectivity index (χ1n) is 6.73. The molecule has 2 aliphatic heterocycles. The van der Waals surface area contributed by atoms with E-state index in [2.05, 4.69) is 5.32 Å². The molecule has 0 spiro atoms. The summed E-state index contributed by atoms with van der Waals surface area (Å²) >= 11 is 0. The van der Waals surface area contributed by atoms with Gasteiger partial charge < -0.3 is 4.74 Å². The van der Waals surface area contributed by atoms with Crippen LogP contribution in [-0.2, 0) is 14.3 Å². The average Bonchev–Trinajstić information content (AvgIpc) is 3.08. The van der Waals surface area contributed by atoms with Crippen LogP contribution in [0.2, 0.25) is 0 Å². The molecule has 4 amide bonds. The molecule has 2 heterocycles. The molecule has 6 nitrogen and oxygen atoms in total. The molecule has 1 aliphatic carbocycles. The van der Waals surface area contributed by atoms with Crippen molar-refractivity contribution >= 4 is 17.8 Å². The van der Waals surface area contributed by atoms with Gasteiger partial charge in [-0.3, -0.25) is 19.8 Å². The quantitative estimate of drug-likeness (QED) is 0.745. The van der Waals surface area contributed by atoms with Crippen molar-refractivity contribution in [3.05, 3.63) is 0 Å². The van der Waals surface area contributed by atoms with Crippen molar-refractivity contribution in [1.29, 1.82) is 0 Å². The maximum atomic E-state index is 12.4. The molecule has 6 heteroatoms. The second-order valence-electron chi connectivity index (χ2n) is 6.09. The number of hydrogen-bond acceptors (Lipinski definition) is 4. The van der Waals surface area contributed by atoms with Crippen LogP contribution in [0.15, 0.2) is 0 Å². The molecule has 104 valence electrons. The molecule has 0 aromatic heterocycles. The van der Waals surface area contributed by atoms with Crippen LogP contribution in [0.1, 0.15) is 33.1 Å². The zero-order valence-electron chi connectivity index (χ0n) is 11.1. The van der Waals surface area contributed by atoms with Crippen LogP contribution >= 0.6 is 0 Å². The highest BCUT2D eigenvalue weighted by molar-refractivity contribution is 6.18. The van der Waals surface area contributed by atoms with Crippen LogP contribution in [0.3, 0.4) is 0 Å². The van der Waals surface area contributed by atoms with E-state index in [-0.39, 0.29) is 12.1 Å². The first-order valence-corrected chi connectivity index (χ1v) is 6.73. The van der Waals surface area contributed by atoms with Gasteiger partial charge in [0.05, 0.1) is 12.1 Å². The normalized spacial score (nSPS) is 34.6. The van der Waals surface area contributed by atoms with Crippen molar-refractivity contribution in [1.82, 2.24) is 10.2 Å². The molecule has 2 unspecified atom stereocenters. The van der Waals surface area contributed by atoms with Gasteiger partial charge in [-0.25, -0.2) is 4.79 Å². The molecule has 1 saturated carbocycles. The fourth-order valence-corrected chi connectivity index (χ4v) is 2.86. The zero-order valence-corrected chi connectivity index (χ0v) is 11.1. The highest BCUT2D eigenvalue weighted by Crippen LogP contribution is 2.41. The van der Waals surface area contributed by atoms with Crippen LogP contribution in [0, 0.1) is 11.3 Å². The minimum Gasteiger partial charge on any atom is -0.376 e. The summed E-state index contributed by atoms with van der Waals surface area (Å²) in [5.74, 6) is -0.489. The van der Waals surface area contributed by atoms with E-state index in [0.29, 0.717) is 18.9 Å². The summed E-state index contributed by atoms with van der Waals surface area (Å²) in [6.45, 7) is 3.66. The van der Waals surface area contributed by atoms with Gasteiger partial charge in [0.15, 0.2) is 0 Å². The van der Waals surface area contributed by atoms with E-state index in [4.69, 9.17) is 4.74 Å². The van der Waals surface area contributed by atoms with Crippen molar-refractivity contribution in [3.8, 4) is 0 Å². The third kappa shape index (κ3) is 1.85. The van der Waals surface area contributed by atoms with Gasteiger partial charge in [0.1, 0.15) is 5.41 Å². The predicted octanol–water partition coefficient (Wildman–Crippen LogP) is 0.658. The van der Waals surface area contributed by atoms with E-state index < -0.39 is 23.3 Å². The van der Waals surface area contributed by atoms with Gasteiger partial charge in [0.2, 0.25) is 11.8 Å². The SMILES string of the molecule is CC1(C)C(=O)NC(=O)N(C2CCOC2C2CC2)C1=O. The van der Waals surface area contributed by atoms with Crippen molar-refractivity contribution < 1.29 is 19.1 Å². The molecule has 2 atom stereocenters. The standard InChI is InChI=1S/C13H18N2O4/c1-13(2)10(16)14-12(18)15(11(13)17)8-5-6-19-9(8)7-3-4-7/h7-9H,3-6H2,1-2H3,(H,14,16,18). The summed E-state index contributed by atoms with van der Waals surface area (Å²) in [6.07, 6.45) is 2.78. The van der Waals surface area contributed by atoms with Crippen LogP contribution in [-0.4, -0.2) is 41.5 Å². The maximum Gasteiger partial charge on any atom is 0.331 e. The Labute approximate surface area is 111 Å². The zero-order chi connectivity index (χ0) is 13.8. The fraction of sp³-hybridized carbons (Fsp3) is 0.769. The van der Waals surface area contributed by atoms with Gasteiger partial charge in [-0.05, 0) is 39.0 Å². The third-order valence-electron chi connectivity index (χ3n) is 4.28. The number of amides is 4. The lowest BCUT2D eigenvalue weighted by atomic mass is 9.87. The van der Waals surface area contributed by atoms with E-state index in [1.807, 2.05) is 0 Å². The molecule has 3 rings (SSSR count). The van der Waals surface area contributed by atoms with Crippen molar-refractivity contribution in [2.45, 2.75) is 45.3 Å². The van der Waals surface area contributed by atoms with Crippen LogP contribution in [0.25, 0.3) is 0 Å². The summed E-state index contributed by atoms with van der Waals surface area (Å²) in [4.78, 5) is 37.4. The van der Waals surface area contributed by atoms with E-state index in [1.165, 1.54) is 4.90 Å². The molecule has 1 N–H and O–H groups in total. The smallest absolute Gasteiger partial charge is 0.331 e. The molecule has 0 radical (unpaired) electrons. The Hall–Kier alpha value is -1.43. The number of urea groups is 1. The highest BCUT2D eigenvalue weighted by atomic mass is 16.5. The van der Waals surface area contributed by atoms with Gasteiger partial charge in [0.25, 0.3) is 0 Å². The van der Waals surface area contributed by atoms with E-state index >= 15 is 0 Å². The topological polar surface area (TPSA) is 75.7 Å². The fourth-order valence-electron chi connectivity index (χ4n) is 2.86. The van der Waals surface area contributed by atoms with Crippen LogP contribution < -0.4 is 5.32 Å². The first kappa shape index (κ1) is 12.6. The Morgan fingerprint density at radius 2 is 1.89 bits per heavy atom. The van der Waals surface area contributed by atoms with Crippen LogP contribution in [0.5, 0.6) is 0 Å². The molecular formula is C13H18N2O4. The summed E-state index contributed by atoms with van der Waals surface area (Å²) in [7, 11) is 0. The van der Waals surface area contributed by atoms with Crippen LogP contribution in [0.4, 0.5) is 4.79 Å². The maximum absolute atomic E-state index is 12.4. The Balaban J connectivity index is 1.88. The van der Waals surface area contributed by atoms with E-state index in [9.17, 15) is 14.4 Å². The molecule has 19 heavy (non-hydrogen) atoms. The Morgan fingerprint density at radius 1 is 1.21 bits per heavy atom. The number of carbonyl (C=O) groups excluding carboxylic acids is 3. The molecule has 3 fully saturated rings. The molecule has 2 saturated heterocycles. The highest BCUT2D eigenvalue weighted by Gasteiger charge is 2.53. The number of hydrogen-bond donors (Lipinski definition) is 1. The van der Waals surface area contributed by atoms with Crippen molar-refractivity contribution in [2.75, 3.05) is 6.61 Å². The Morgan fingerprint density at radius 3 is 2.53 bits per heavy atom. The van der Waals surface area contributed by atoms with Gasteiger partial charge in [-0.1, -0.05) is 0 Å². The minimum atomic E-state index is -1.19. The lowest BCUT2D eigenvalue weighted by Crippen LogP contribution is -2.65. The van der Waals surface area contributed by atoms with Gasteiger partial charge in [-0.15, -0.1) is 0 Å². The Bertz CT molecular complexity index is 456. The number of nitrogens with one attached hydrogen (secondary N) is 1. The second kappa shape index (κ2) is 4.03. The largest absolute Gasteiger partial charge is 0.376 e. The van der Waals surface area contributed by atoms with Crippen molar-refractivity contribution in [3.63, 3.8) is 0 Å². The number of nitrogens with zero attached hydrogens (tertiary/aromatic N) is 1. The lowest BCUT2D eigenvalue weighted by Gasteiger charge is -2.39. The number of carbonyl (C=O) groups is 3.